The first kappa shape index (κ1) is 16.2. The van der Waals surface area contributed by atoms with Crippen LogP contribution in [-0.4, -0.2) is 20.9 Å². The van der Waals surface area contributed by atoms with Crippen molar-refractivity contribution >= 4 is 5.78 Å². The SMILES string of the molecule is Cc1nc(O)c2c(n1)[C@@]1(c3cccc(F)c3)CCC(=O)[C@@H](C)[C@@H]1CC2. The largest absolute Gasteiger partial charge is 0.493 e. The van der Waals surface area contributed by atoms with E-state index < -0.39 is 5.41 Å². The second-order valence-corrected chi connectivity index (χ2v) is 7.30. The Bertz CT molecular complexity index is 867. The molecule has 2 aliphatic rings. The molecule has 1 heterocycles. The van der Waals surface area contributed by atoms with Crippen LogP contribution in [0.4, 0.5) is 4.39 Å². The van der Waals surface area contributed by atoms with Crippen molar-refractivity contribution in [3.05, 3.63) is 52.7 Å². The topological polar surface area (TPSA) is 63.1 Å². The molecule has 1 fully saturated rings. The first-order valence-corrected chi connectivity index (χ1v) is 8.79. The molecule has 0 radical (unpaired) electrons. The van der Waals surface area contributed by atoms with Crippen LogP contribution in [0, 0.1) is 24.6 Å². The van der Waals surface area contributed by atoms with E-state index in [1.807, 2.05) is 13.0 Å². The van der Waals surface area contributed by atoms with Crippen LogP contribution in [0.25, 0.3) is 0 Å². The van der Waals surface area contributed by atoms with E-state index >= 15 is 0 Å². The van der Waals surface area contributed by atoms with Gasteiger partial charge in [0.1, 0.15) is 17.4 Å². The Labute approximate surface area is 146 Å². The average Bonchev–Trinajstić information content (AvgIpc) is 2.58. The van der Waals surface area contributed by atoms with Gasteiger partial charge in [0.2, 0.25) is 5.88 Å². The Balaban J connectivity index is 2.03. The quantitative estimate of drug-likeness (QED) is 0.863. The van der Waals surface area contributed by atoms with Gasteiger partial charge < -0.3 is 5.11 Å². The summed E-state index contributed by atoms with van der Waals surface area (Å²) < 4.78 is 14.0. The predicted octanol–water partition coefficient (Wildman–Crippen LogP) is 3.48. The number of rotatable bonds is 1. The van der Waals surface area contributed by atoms with Gasteiger partial charge in [-0.05, 0) is 49.8 Å². The monoisotopic (exact) mass is 340 g/mol. The average molecular weight is 340 g/mol. The van der Waals surface area contributed by atoms with E-state index in [-0.39, 0.29) is 29.3 Å². The summed E-state index contributed by atoms with van der Waals surface area (Å²) in [6, 6.07) is 6.61. The maximum absolute atomic E-state index is 14.0. The third-order valence-electron chi connectivity index (χ3n) is 6.07. The molecular weight excluding hydrogens is 319 g/mol. The Kier molecular flexibility index (Phi) is 3.63. The van der Waals surface area contributed by atoms with Crippen LogP contribution in [0.3, 0.4) is 0 Å². The maximum Gasteiger partial charge on any atom is 0.217 e. The number of hydrogen-bond donors (Lipinski definition) is 1. The zero-order valence-corrected chi connectivity index (χ0v) is 14.4. The molecule has 25 heavy (non-hydrogen) atoms. The van der Waals surface area contributed by atoms with Gasteiger partial charge in [0, 0.05) is 23.3 Å². The Morgan fingerprint density at radius 1 is 1.28 bits per heavy atom. The lowest BCUT2D eigenvalue weighted by Crippen LogP contribution is -2.50. The summed E-state index contributed by atoms with van der Waals surface area (Å²) in [4.78, 5) is 21.2. The number of hydrogen-bond acceptors (Lipinski definition) is 4. The highest BCUT2D eigenvalue weighted by Gasteiger charge is 2.53. The molecular formula is C20H21FN2O2. The van der Waals surface area contributed by atoms with Gasteiger partial charge in [0.15, 0.2) is 0 Å². The zero-order valence-electron chi connectivity index (χ0n) is 14.4. The number of carbonyl (C=O) groups excluding carboxylic acids is 1. The van der Waals surface area contributed by atoms with Crippen molar-refractivity contribution in [2.75, 3.05) is 0 Å². The van der Waals surface area contributed by atoms with E-state index in [0.717, 1.165) is 23.2 Å². The molecule has 4 nitrogen and oxygen atoms in total. The number of benzene rings is 1. The van der Waals surface area contributed by atoms with E-state index in [2.05, 4.69) is 4.98 Å². The van der Waals surface area contributed by atoms with Crippen molar-refractivity contribution in [1.29, 1.82) is 0 Å². The lowest BCUT2D eigenvalue weighted by molar-refractivity contribution is -0.128. The van der Waals surface area contributed by atoms with Gasteiger partial charge >= 0.3 is 0 Å². The van der Waals surface area contributed by atoms with Crippen molar-refractivity contribution in [2.45, 2.75) is 44.9 Å². The Hall–Kier alpha value is -2.30. The minimum absolute atomic E-state index is 0.0151. The molecule has 0 bridgehead atoms. The van der Waals surface area contributed by atoms with Gasteiger partial charge in [-0.2, -0.15) is 4.98 Å². The number of carbonyl (C=O) groups is 1. The van der Waals surface area contributed by atoms with Crippen molar-refractivity contribution in [3.8, 4) is 5.88 Å². The van der Waals surface area contributed by atoms with Gasteiger partial charge in [0.25, 0.3) is 0 Å². The fraction of sp³-hybridized carbons (Fsp3) is 0.450. The third-order valence-corrected chi connectivity index (χ3v) is 6.07. The number of fused-ring (bicyclic) bond motifs is 3. The minimum Gasteiger partial charge on any atom is -0.493 e. The molecule has 4 rings (SSSR count). The summed E-state index contributed by atoms with van der Waals surface area (Å²) in [6.07, 6.45) is 2.43. The number of aromatic hydroxyl groups is 1. The molecule has 1 aromatic carbocycles. The molecule has 5 heteroatoms. The highest BCUT2D eigenvalue weighted by atomic mass is 19.1. The molecule has 3 atom stereocenters. The first-order valence-electron chi connectivity index (χ1n) is 8.79. The summed E-state index contributed by atoms with van der Waals surface area (Å²) in [6.45, 7) is 3.72. The first-order chi connectivity index (χ1) is 11.9. The summed E-state index contributed by atoms with van der Waals surface area (Å²) in [7, 11) is 0. The second kappa shape index (κ2) is 5.61. The minimum atomic E-state index is -0.547. The predicted molar refractivity (Wildman–Crippen MR) is 90.8 cm³/mol. The van der Waals surface area contributed by atoms with E-state index in [1.165, 1.54) is 6.07 Å². The molecule has 0 unspecified atom stereocenters. The summed E-state index contributed by atoms with van der Waals surface area (Å²) in [5, 5.41) is 10.4. The van der Waals surface area contributed by atoms with Crippen LogP contribution in [0.1, 0.15) is 48.8 Å². The lowest BCUT2D eigenvalue weighted by atomic mass is 9.53. The fourth-order valence-corrected chi connectivity index (χ4v) is 4.92. The normalized spacial score (nSPS) is 28.4. The third kappa shape index (κ3) is 2.29. The molecule has 0 spiro atoms. The molecule has 0 aliphatic heterocycles. The van der Waals surface area contributed by atoms with Crippen LogP contribution >= 0.6 is 0 Å². The van der Waals surface area contributed by atoms with Crippen molar-refractivity contribution in [1.82, 2.24) is 9.97 Å². The van der Waals surface area contributed by atoms with Crippen LogP contribution in [0.2, 0.25) is 0 Å². The summed E-state index contributed by atoms with van der Waals surface area (Å²) in [5.74, 6) is 0.422. The highest BCUT2D eigenvalue weighted by molar-refractivity contribution is 5.83. The van der Waals surface area contributed by atoms with Crippen LogP contribution in [0.15, 0.2) is 24.3 Å². The number of nitrogens with zero attached hydrogens (tertiary/aromatic N) is 2. The Morgan fingerprint density at radius 3 is 2.84 bits per heavy atom. The van der Waals surface area contributed by atoms with Gasteiger partial charge in [0.05, 0.1) is 5.69 Å². The Morgan fingerprint density at radius 2 is 2.08 bits per heavy atom. The van der Waals surface area contributed by atoms with Crippen molar-refractivity contribution < 1.29 is 14.3 Å². The summed E-state index contributed by atoms with van der Waals surface area (Å²) in [5.41, 5.74) is 1.82. The lowest BCUT2D eigenvalue weighted by Gasteiger charge is -2.50. The molecule has 1 N–H and O–H groups in total. The number of aromatic nitrogens is 2. The highest BCUT2D eigenvalue weighted by Crippen LogP contribution is 2.55. The summed E-state index contributed by atoms with van der Waals surface area (Å²) >= 11 is 0. The fourth-order valence-electron chi connectivity index (χ4n) is 4.92. The van der Waals surface area contributed by atoms with Gasteiger partial charge in [-0.3, -0.25) is 4.79 Å². The van der Waals surface area contributed by atoms with Crippen LogP contribution in [-0.2, 0) is 16.6 Å². The standard InChI is InChI=1S/C20H21FN2O2/c1-11-16-7-6-15-18(22-12(2)23-19(15)25)20(16,9-8-17(11)24)13-4-3-5-14(21)10-13/h3-5,10-11,16H,6-9H2,1-2H3,(H,22,23,25)/t11-,16-,20+/m0/s1. The van der Waals surface area contributed by atoms with E-state index in [4.69, 9.17) is 4.98 Å². The molecule has 130 valence electrons. The van der Waals surface area contributed by atoms with E-state index in [9.17, 15) is 14.3 Å². The van der Waals surface area contributed by atoms with Gasteiger partial charge in [-0.1, -0.05) is 19.1 Å². The second-order valence-electron chi connectivity index (χ2n) is 7.30. The molecule has 2 aliphatic carbocycles. The van der Waals surface area contributed by atoms with Crippen molar-refractivity contribution in [3.63, 3.8) is 0 Å². The molecule has 1 aromatic heterocycles. The van der Waals surface area contributed by atoms with E-state index in [1.54, 1.807) is 19.1 Å². The van der Waals surface area contributed by atoms with Crippen molar-refractivity contribution in [2.24, 2.45) is 11.8 Å². The smallest absolute Gasteiger partial charge is 0.217 e. The van der Waals surface area contributed by atoms with Crippen LogP contribution < -0.4 is 0 Å². The molecule has 1 saturated carbocycles. The maximum atomic E-state index is 14.0. The van der Waals surface area contributed by atoms with Gasteiger partial charge in [-0.25, -0.2) is 9.37 Å². The molecule has 0 amide bonds. The molecule has 2 aromatic rings. The number of Topliss-reactive ketones (excluding diaryl/α,β-unsaturated/α-hetero) is 1. The van der Waals surface area contributed by atoms with E-state index in [0.29, 0.717) is 25.1 Å². The van der Waals surface area contributed by atoms with Gasteiger partial charge in [-0.15, -0.1) is 0 Å². The molecule has 0 saturated heterocycles. The number of ketones is 1. The number of halogens is 1. The van der Waals surface area contributed by atoms with Crippen LogP contribution in [0.5, 0.6) is 5.88 Å². The number of aryl methyl sites for hydroxylation is 1. The zero-order chi connectivity index (χ0) is 17.8.